The summed E-state index contributed by atoms with van der Waals surface area (Å²) < 4.78 is 21.8. The molecule has 0 aliphatic heterocycles. The average molecular weight is 365 g/mol. The van der Waals surface area contributed by atoms with Crippen LogP contribution in [0.15, 0.2) is 78.9 Å². The summed E-state index contributed by atoms with van der Waals surface area (Å²) in [6.07, 6.45) is 0. The van der Waals surface area contributed by atoms with Gasteiger partial charge < -0.3 is 23.8 Å². The van der Waals surface area contributed by atoms with E-state index >= 15 is 0 Å². The molecule has 0 amide bonds. The van der Waals surface area contributed by atoms with Gasteiger partial charge in [0.15, 0.2) is 13.6 Å². The maximum Gasteiger partial charge on any atom is 0.188 e. The zero-order chi connectivity index (χ0) is 18.9. The summed E-state index contributed by atoms with van der Waals surface area (Å²) >= 11 is 0. The highest BCUT2D eigenvalue weighted by Crippen LogP contribution is 2.43. The van der Waals surface area contributed by atoms with Crippen LogP contribution in [0.2, 0.25) is 0 Å². The van der Waals surface area contributed by atoms with Crippen LogP contribution in [0, 0.1) is 0 Å². The lowest BCUT2D eigenvalue weighted by molar-refractivity contribution is 0.0511. The van der Waals surface area contributed by atoms with E-state index in [1.165, 1.54) is 0 Å². The van der Waals surface area contributed by atoms with Crippen LogP contribution in [0.1, 0.15) is 0 Å². The Morgan fingerprint density at radius 2 is 1.04 bits per heavy atom. The Bertz CT molecular complexity index is 787. The minimum atomic E-state index is 0.168. The smallest absolute Gasteiger partial charge is 0.188 e. The molecule has 0 N–H and O–H groups in total. The molecule has 0 atom stereocenters. The first-order valence-electron chi connectivity index (χ1n) is 8.62. The number of hydrogen-bond donors (Lipinski definition) is 0. The predicted octanol–water partition coefficient (Wildman–Crippen LogP) is 5.12. The number of hydrogen-bond acceptors (Lipinski definition) is 5. The van der Waals surface area contributed by atoms with Gasteiger partial charge in [0.2, 0.25) is 0 Å². The molecule has 0 unspecified atom stereocenters. The van der Waals surface area contributed by atoms with Gasteiger partial charge in [-0.25, -0.2) is 0 Å². The molecule has 3 rings (SSSR count). The first-order valence-corrected chi connectivity index (χ1v) is 8.62. The molecule has 0 aromatic heterocycles. The number of rotatable bonds is 9. The summed E-state index contributed by atoms with van der Waals surface area (Å²) in [6, 6.07) is 25.7. The summed E-state index contributed by atoms with van der Waals surface area (Å²) in [6.45, 7) is 0.336. The summed E-state index contributed by atoms with van der Waals surface area (Å²) in [5, 5.41) is 0. The Morgan fingerprint density at radius 1 is 0.593 bits per heavy atom. The van der Waals surface area contributed by atoms with Gasteiger partial charge in [0.25, 0.3) is 0 Å². The van der Waals surface area contributed by atoms with E-state index in [0.29, 0.717) is 11.5 Å². The van der Waals surface area contributed by atoms with E-state index in [1.807, 2.05) is 78.9 Å². The van der Waals surface area contributed by atoms with Gasteiger partial charge in [-0.3, -0.25) is 0 Å². The van der Waals surface area contributed by atoms with Crippen molar-refractivity contribution in [3.05, 3.63) is 78.9 Å². The third kappa shape index (κ3) is 4.58. The monoisotopic (exact) mass is 365 g/mol. The molecule has 5 heteroatoms. The molecule has 27 heavy (non-hydrogen) atoms. The fourth-order valence-electron chi connectivity index (χ4n) is 2.76. The Hall–Kier alpha value is -3.02. The highest BCUT2D eigenvalue weighted by molar-refractivity contribution is 5.82. The first-order chi connectivity index (χ1) is 13.3. The highest BCUT2D eigenvalue weighted by atomic mass is 16.7. The summed E-state index contributed by atoms with van der Waals surface area (Å²) in [5.41, 5.74) is 2.75. The summed E-state index contributed by atoms with van der Waals surface area (Å²) in [5.74, 6) is 1.43. The van der Waals surface area contributed by atoms with Crippen LogP contribution in [-0.4, -0.2) is 27.8 Å². The van der Waals surface area contributed by atoms with Crippen molar-refractivity contribution in [3.63, 3.8) is 0 Å². The number of nitrogens with zero attached hydrogens (tertiary/aromatic N) is 1. The molecule has 0 aliphatic carbocycles. The fraction of sp³-hybridized carbons (Fsp3) is 0.182. The van der Waals surface area contributed by atoms with E-state index < -0.39 is 0 Å². The van der Waals surface area contributed by atoms with Gasteiger partial charge in [0, 0.05) is 19.9 Å². The van der Waals surface area contributed by atoms with Crippen LogP contribution in [0.3, 0.4) is 0 Å². The lowest BCUT2D eigenvalue weighted by Crippen LogP contribution is -2.14. The van der Waals surface area contributed by atoms with Crippen LogP contribution < -0.4 is 14.4 Å². The SMILES string of the molecule is COCOc1ccccc1N(c1ccccc1)c1ccccc1OCOC. The van der Waals surface area contributed by atoms with Crippen LogP contribution in [0.25, 0.3) is 0 Å². The summed E-state index contributed by atoms with van der Waals surface area (Å²) in [7, 11) is 3.21. The normalized spacial score (nSPS) is 10.4. The zero-order valence-corrected chi connectivity index (χ0v) is 15.5. The Balaban J connectivity index is 2.12. The van der Waals surface area contributed by atoms with Crippen LogP contribution in [0.4, 0.5) is 17.1 Å². The number of para-hydroxylation sites is 5. The Kier molecular flexibility index (Phi) is 6.68. The molecule has 0 saturated carbocycles. The van der Waals surface area contributed by atoms with Gasteiger partial charge >= 0.3 is 0 Å². The molecule has 0 spiro atoms. The number of anilines is 3. The van der Waals surface area contributed by atoms with Crippen molar-refractivity contribution in [1.29, 1.82) is 0 Å². The van der Waals surface area contributed by atoms with E-state index in [4.69, 9.17) is 18.9 Å². The molecular formula is C22H23NO4. The third-order valence-corrected chi connectivity index (χ3v) is 3.89. The van der Waals surface area contributed by atoms with E-state index in [-0.39, 0.29) is 13.6 Å². The maximum atomic E-state index is 5.80. The molecule has 3 aromatic carbocycles. The summed E-state index contributed by atoms with van der Waals surface area (Å²) in [4.78, 5) is 2.09. The lowest BCUT2D eigenvalue weighted by atomic mass is 10.1. The van der Waals surface area contributed by atoms with E-state index in [9.17, 15) is 0 Å². The van der Waals surface area contributed by atoms with Gasteiger partial charge in [-0.1, -0.05) is 42.5 Å². The molecule has 0 aliphatic rings. The van der Waals surface area contributed by atoms with Crippen molar-refractivity contribution < 1.29 is 18.9 Å². The van der Waals surface area contributed by atoms with Crippen molar-refractivity contribution in [2.45, 2.75) is 0 Å². The Labute approximate surface area is 159 Å². The molecule has 140 valence electrons. The fourth-order valence-corrected chi connectivity index (χ4v) is 2.76. The van der Waals surface area contributed by atoms with Gasteiger partial charge in [-0.15, -0.1) is 0 Å². The van der Waals surface area contributed by atoms with Crippen molar-refractivity contribution in [3.8, 4) is 11.5 Å². The topological polar surface area (TPSA) is 40.2 Å². The molecule has 0 fully saturated rings. The van der Waals surface area contributed by atoms with E-state index in [1.54, 1.807) is 14.2 Å². The molecule has 0 saturated heterocycles. The molecule has 5 nitrogen and oxygen atoms in total. The standard InChI is InChI=1S/C22H23NO4/c1-24-16-26-21-14-8-6-12-19(21)23(18-10-4-3-5-11-18)20-13-7-9-15-22(20)27-17-25-2/h3-15H,16-17H2,1-2H3. The minimum Gasteiger partial charge on any atom is -0.465 e. The van der Waals surface area contributed by atoms with E-state index in [0.717, 1.165) is 17.1 Å². The van der Waals surface area contributed by atoms with Gasteiger partial charge in [0.1, 0.15) is 11.5 Å². The highest BCUT2D eigenvalue weighted by Gasteiger charge is 2.19. The van der Waals surface area contributed by atoms with Crippen molar-refractivity contribution in [1.82, 2.24) is 0 Å². The van der Waals surface area contributed by atoms with Gasteiger partial charge in [0.05, 0.1) is 11.4 Å². The number of methoxy groups -OCH3 is 2. The zero-order valence-electron chi connectivity index (χ0n) is 15.5. The van der Waals surface area contributed by atoms with Crippen LogP contribution in [0.5, 0.6) is 11.5 Å². The van der Waals surface area contributed by atoms with Gasteiger partial charge in [-0.2, -0.15) is 0 Å². The molecular weight excluding hydrogens is 342 g/mol. The second kappa shape index (κ2) is 9.62. The average Bonchev–Trinajstić information content (AvgIpc) is 2.73. The second-order valence-electron chi connectivity index (χ2n) is 5.71. The number of benzene rings is 3. The lowest BCUT2D eigenvalue weighted by Gasteiger charge is -2.28. The Morgan fingerprint density at radius 3 is 1.52 bits per heavy atom. The van der Waals surface area contributed by atoms with Crippen molar-refractivity contribution in [2.75, 3.05) is 32.7 Å². The number of ether oxygens (including phenoxy) is 4. The van der Waals surface area contributed by atoms with E-state index in [2.05, 4.69) is 4.90 Å². The van der Waals surface area contributed by atoms with Gasteiger partial charge in [-0.05, 0) is 36.4 Å². The molecule has 0 radical (unpaired) electrons. The minimum absolute atomic E-state index is 0.168. The first kappa shape index (κ1) is 18.8. The maximum absolute atomic E-state index is 5.80. The molecule has 0 bridgehead atoms. The molecule has 3 aromatic rings. The van der Waals surface area contributed by atoms with Crippen LogP contribution >= 0.6 is 0 Å². The quantitative estimate of drug-likeness (QED) is 0.492. The van der Waals surface area contributed by atoms with Crippen LogP contribution in [-0.2, 0) is 9.47 Å². The molecule has 0 heterocycles. The second-order valence-corrected chi connectivity index (χ2v) is 5.71. The van der Waals surface area contributed by atoms with Crippen molar-refractivity contribution in [2.24, 2.45) is 0 Å². The predicted molar refractivity (Wildman–Crippen MR) is 106 cm³/mol. The van der Waals surface area contributed by atoms with Crippen molar-refractivity contribution >= 4 is 17.1 Å². The largest absolute Gasteiger partial charge is 0.465 e. The third-order valence-electron chi connectivity index (χ3n) is 3.89.